The molecule has 1 heterocycles. The summed E-state index contributed by atoms with van der Waals surface area (Å²) in [5.74, 6) is -4.74. The van der Waals surface area contributed by atoms with Gasteiger partial charge in [0.15, 0.2) is 0 Å². The number of hydrogen-bond acceptors (Lipinski definition) is 5. The van der Waals surface area contributed by atoms with Crippen LogP contribution in [0.2, 0.25) is 5.02 Å². The molecule has 10 heteroatoms. The highest BCUT2D eigenvalue weighted by atomic mass is 35.5. The third kappa shape index (κ3) is 3.61. The van der Waals surface area contributed by atoms with E-state index in [-0.39, 0.29) is 21.7 Å². The van der Waals surface area contributed by atoms with Crippen molar-refractivity contribution in [1.82, 2.24) is 4.98 Å². The zero-order valence-corrected chi connectivity index (χ0v) is 15.7. The summed E-state index contributed by atoms with van der Waals surface area (Å²) < 4.78 is 0. The number of carboxylic acids is 3. The minimum absolute atomic E-state index is 0.0350. The monoisotopic (exact) mass is 428 g/mol. The quantitative estimate of drug-likeness (QED) is 0.412. The van der Waals surface area contributed by atoms with Crippen LogP contribution in [0.4, 0.5) is 5.82 Å². The van der Waals surface area contributed by atoms with E-state index in [2.05, 4.69) is 0 Å². The van der Waals surface area contributed by atoms with E-state index in [1.54, 1.807) is 18.2 Å². The van der Waals surface area contributed by atoms with Crippen LogP contribution in [0, 0.1) is 0 Å². The standard InChI is InChI=1S/C20H13ClN2O7/c21-12-7-10(5-6-11(12)18(25)26)8-1-3-9(4-2-8)13-14(19(27)28)16(22)23-17(24)15(13)20(29)30/h1-7H,(H,25,26)(H,27,28)(H,29,30)(H3,22,23,24). The fraction of sp³-hybridized carbons (Fsp3) is 0. The molecular weight excluding hydrogens is 416 g/mol. The summed E-state index contributed by atoms with van der Waals surface area (Å²) in [5.41, 5.74) is 4.26. The second kappa shape index (κ2) is 7.72. The third-order valence-electron chi connectivity index (χ3n) is 4.38. The smallest absolute Gasteiger partial charge is 0.342 e. The molecule has 0 radical (unpaired) electrons. The maximum atomic E-state index is 12.1. The van der Waals surface area contributed by atoms with Crippen LogP contribution in [0.15, 0.2) is 47.3 Å². The van der Waals surface area contributed by atoms with Crippen molar-refractivity contribution < 1.29 is 29.7 Å². The molecular formula is C20H13ClN2O7. The second-order valence-corrected chi connectivity index (χ2v) is 6.59. The molecule has 0 aliphatic carbocycles. The number of hydrogen-bond donors (Lipinski definition) is 5. The Kier molecular flexibility index (Phi) is 5.31. The molecule has 1 aromatic heterocycles. The van der Waals surface area contributed by atoms with Crippen molar-refractivity contribution in [2.24, 2.45) is 0 Å². The van der Waals surface area contributed by atoms with Crippen molar-refractivity contribution in [3.63, 3.8) is 0 Å². The van der Waals surface area contributed by atoms with Gasteiger partial charge in [-0.15, -0.1) is 0 Å². The summed E-state index contributed by atoms with van der Waals surface area (Å²) in [6, 6.07) is 10.3. The number of halogens is 1. The Morgan fingerprint density at radius 1 is 0.800 bits per heavy atom. The highest BCUT2D eigenvalue weighted by Crippen LogP contribution is 2.32. The highest BCUT2D eigenvalue weighted by molar-refractivity contribution is 6.33. The highest BCUT2D eigenvalue weighted by Gasteiger charge is 2.26. The molecule has 0 bridgehead atoms. The van der Waals surface area contributed by atoms with Crippen LogP contribution in [0.1, 0.15) is 31.1 Å². The van der Waals surface area contributed by atoms with Crippen LogP contribution in [-0.2, 0) is 0 Å². The molecule has 2 aromatic carbocycles. The summed E-state index contributed by atoms with van der Waals surface area (Å²) in [4.78, 5) is 48.5. The molecule has 152 valence electrons. The van der Waals surface area contributed by atoms with Crippen molar-refractivity contribution in [3.05, 3.63) is 74.5 Å². The number of aromatic carboxylic acids is 3. The number of nitrogens with two attached hydrogens (primary N) is 1. The van der Waals surface area contributed by atoms with Gasteiger partial charge in [0.25, 0.3) is 5.56 Å². The molecule has 0 atom stereocenters. The van der Waals surface area contributed by atoms with Gasteiger partial charge in [-0.1, -0.05) is 41.9 Å². The molecule has 0 amide bonds. The topological polar surface area (TPSA) is 171 Å². The molecule has 0 saturated carbocycles. The lowest BCUT2D eigenvalue weighted by molar-refractivity contribution is 0.0682. The van der Waals surface area contributed by atoms with Gasteiger partial charge in [0.05, 0.1) is 10.6 Å². The molecule has 6 N–H and O–H groups in total. The van der Waals surface area contributed by atoms with Gasteiger partial charge in [0, 0.05) is 5.56 Å². The number of carbonyl (C=O) groups is 3. The number of anilines is 1. The van der Waals surface area contributed by atoms with Gasteiger partial charge in [0.1, 0.15) is 16.9 Å². The fourth-order valence-electron chi connectivity index (χ4n) is 3.03. The SMILES string of the molecule is Nc1[nH]c(=O)c(C(=O)O)c(-c2ccc(-c3ccc(C(=O)O)c(Cl)c3)cc2)c1C(=O)O. The Hall–Kier alpha value is -4.11. The molecule has 0 aliphatic heterocycles. The second-order valence-electron chi connectivity index (χ2n) is 6.18. The van der Waals surface area contributed by atoms with E-state index < -0.39 is 40.4 Å². The predicted molar refractivity (Wildman–Crippen MR) is 108 cm³/mol. The molecule has 0 fully saturated rings. The van der Waals surface area contributed by atoms with Crippen LogP contribution in [0.5, 0.6) is 0 Å². The van der Waals surface area contributed by atoms with E-state index in [1.165, 1.54) is 24.3 Å². The van der Waals surface area contributed by atoms with Gasteiger partial charge in [0.2, 0.25) is 0 Å². The molecule has 0 saturated heterocycles. The molecule has 9 nitrogen and oxygen atoms in total. The van der Waals surface area contributed by atoms with E-state index in [4.69, 9.17) is 22.4 Å². The number of rotatable bonds is 5. The summed E-state index contributed by atoms with van der Waals surface area (Å²) in [6.45, 7) is 0. The van der Waals surface area contributed by atoms with Crippen molar-refractivity contribution in [2.45, 2.75) is 0 Å². The van der Waals surface area contributed by atoms with Crippen LogP contribution in [-0.4, -0.2) is 38.2 Å². The Morgan fingerprint density at radius 3 is 1.83 bits per heavy atom. The molecule has 3 aromatic rings. The lowest BCUT2D eigenvalue weighted by Gasteiger charge is -2.13. The molecule has 3 rings (SSSR count). The third-order valence-corrected chi connectivity index (χ3v) is 4.69. The number of pyridine rings is 1. The summed E-state index contributed by atoms with van der Waals surface area (Å²) in [6.07, 6.45) is 0. The minimum Gasteiger partial charge on any atom is -0.478 e. The lowest BCUT2D eigenvalue weighted by Crippen LogP contribution is -2.24. The Morgan fingerprint density at radius 2 is 1.33 bits per heavy atom. The van der Waals surface area contributed by atoms with Crippen molar-refractivity contribution in [3.8, 4) is 22.3 Å². The predicted octanol–water partition coefficient (Wildman–Crippen LogP) is 3.04. The van der Waals surface area contributed by atoms with Crippen molar-refractivity contribution in [2.75, 3.05) is 5.73 Å². The minimum atomic E-state index is -1.60. The zero-order valence-electron chi connectivity index (χ0n) is 15.0. The average molecular weight is 429 g/mol. The van der Waals surface area contributed by atoms with Crippen molar-refractivity contribution >= 4 is 35.3 Å². The number of aromatic nitrogens is 1. The van der Waals surface area contributed by atoms with Crippen molar-refractivity contribution in [1.29, 1.82) is 0 Å². The van der Waals surface area contributed by atoms with Gasteiger partial charge in [-0.25, -0.2) is 14.4 Å². The van der Waals surface area contributed by atoms with E-state index in [0.717, 1.165) is 0 Å². The van der Waals surface area contributed by atoms with Crippen LogP contribution < -0.4 is 11.3 Å². The van der Waals surface area contributed by atoms with Gasteiger partial charge >= 0.3 is 17.9 Å². The van der Waals surface area contributed by atoms with Gasteiger partial charge in [-0.2, -0.15) is 0 Å². The maximum absolute atomic E-state index is 12.1. The Bertz CT molecular complexity index is 1260. The molecule has 0 unspecified atom stereocenters. The number of aromatic amines is 1. The number of H-pyrrole nitrogens is 1. The number of benzene rings is 2. The zero-order chi connectivity index (χ0) is 22.2. The number of nitrogen functional groups attached to an aromatic ring is 1. The molecule has 0 aliphatic rings. The molecule has 30 heavy (non-hydrogen) atoms. The summed E-state index contributed by atoms with van der Waals surface area (Å²) in [5, 5.41) is 28.0. The fourth-order valence-corrected chi connectivity index (χ4v) is 3.29. The number of nitrogens with one attached hydrogen (secondary N) is 1. The average Bonchev–Trinajstić information content (AvgIpc) is 2.66. The van der Waals surface area contributed by atoms with E-state index in [1.807, 2.05) is 4.98 Å². The van der Waals surface area contributed by atoms with E-state index in [9.17, 15) is 29.4 Å². The Labute approximate surface area is 173 Å². The first-order valence-electron chi connectivity index (χ1n) is 8.27. The Balaban J connectivity index is 2.17. The van der Waals surface area contributed by atoms with Gasteiger partial charge in [-0.3, -0.25) is 4.79 Å². The van der Waals surface area contributed by atoms with Gasteiger partial charge in [-0.05, 0) is 28.8 Å². The molecule has 0 spiro atoms. The summed E-state index contributed by atoms with van der Waals surface area (Å²) >= 11 is 5.98. The van der Waals surface area contributed by atoms with Crippen LogP contribution in [0.3, 0.4) is 0 Å². The van der Waals surface area contributed by atoms with E-state index >= 15 is 0 Å². The first-order chi connectivity index (χ1) is 14.1. The van der Waals surface area contributed by atoms with E-state index in [0.29, 0.717) is 11.1 Å². The number of carboxylic acid groups (broad SMARTS) is 3. The van der Waals surface area contributed by atoms with Crippen LogP contribution >= 0.6 is 11.6 Å². The maximum Gasteiger partial charge on any atom is 0.342 e. The summed E-state index contributed by atoms with van der Waals surface area (Å²) in [7, 11) is 0. The van der Waals surface area contributed by atoms with Crippen LogP contribution in [0.25, 0.3) is 22.3 Å². The largest absolute Gasteiger partial charge is 0.478 e. The first-order valence-corrected chi connectivity index (χ1v) is 8.65. The normalized spacial score (nSPS) is 10.6. The van der Waals surface area contributed by atoms with Gasteiger partial charge < -0.3 is 26.0 Å². The lowest BCUT2D eigenvalue weighted by atomic mass is 9.93. The first kappa shape index (κ1) is 20.6.